The third kappa shape index (κ3) is 9.31. The predicted molar refractivity (Wildman–Crippen MR) is 225 cm³/mol. The Kier molecular flexibility index (Phi) is 14.1. The van der Waals surface area contributed by atoms with Gasteiger partial charge in [-0.25, -0.2) is 9.78 Å². The number of Topliss-reactive ketones (excluding diaryl/α,β-unsaturated/α-hetero) is 1. The van der Waals surface area contributed by atoms with Crippen LogP contribution in [0.15, 0.2) is 40.8 Å². The lowest BCUT2D eigenvalue weighted by Gasteiger charge is -2.47. The highest BCUT2D eigenvalue weighted by Crippen LogP contribution is 2.44. The number of ketones is 1. The molecule has 1 N–H and O–H groups in total. The average molecular weight is 835 g/mol. The molecule has 2 bridgehead atoms. The summed E-state index contributed by atoms with van der Waals surface area (Å²) in [7, 11) is 3.81. The van der Waals surface area contributed by atoms with Crippen molar-refractivity contribution in [1.29, 1.82) is 0 Å². The zero-order chi connectivity index (χ0) is 42.8. The number of cyclic esters (lactones) is 1. The van der Waals surface area contributed by atoms with Crippen LogP contribution in [0.2, 0.25) is 0 Å². The van der Waals surface area contributed by atoms with Crippen LogP contribution in [0.3, 0.4) is 0 Å². The molecule has 0 saturated carbocycles. The summed E-state index contributed by atoms with van der Waals surface area (Å²) in [6.45, 7) is 15.7. The van der Waals surface area contributed by atoms with Crippen LogP contribution in [0.5, 0.6) is 0 Å². The number of aliphatic hydroxyl groups excluding tert-OH is 1. The van der Waals surface area contributed by atoms with Crippen molar-refractivity contribution in [1.82, 2.24) is 14.8 Å². The Balaban J connectivity index is 1.37. The highest BCUT2D eigenvalue weighted by Gasteiger charge is 2.60. The number of ether oxygens (including phenoxy) is 5. The molecule has 1 aromatic heterocycles. The van der Waals surface area contributed by atoms with Crippen LogP contribution in [0.4, 0.5) is 4.79 Å². The highest BCUT2D eigenvalue weighted by molar-refractivity contribution is 7.13. The van der Waals surface area contributed by atoms with Crippen LogP contribution < -0.4 is 0 Å². The number of esters is 1. The van der Waals surface area contributed by atoms with Crippen molar-refractivity contribution in [3.63, 3.8) is 0 Å². The molecule has 322 valence electrons. The van der Waals surface area contributed by atoms with Gasteiger partial charge in [0.1, 0.15) is 29.7 Å². The number of likely N-dealkylation sites (N-methyl/N-ethyl adjacent to an activating group) is 1. The van der Waals surface area contributed by atoms with Crippen molar-refractivity contribution in [2.75, 3.05) is 33.8 Å². The number of rotatable bonds is 8. The van der Waals surface area contributed by atoms with E-state index in [9.17, 15) is 19.5 Å². The summed E-state index contributed by atoms with van der Waals surface area (Å²) >= 11 is 1.59. The number of aromatic nitrogens is 1. The summed E-state index contributed by atoms with van der Waals surface area (Å²) in [6.07, 6.45) is -1.11. The van der Waals surface area contributed by atoms with Gasteiger partial charge in [0.15, 0.2) is 17.7 Å². The number of amides is 1. The van der Waals surface area contributed by atoms with Crippen molar-refractivity contribution >= 4 is 34.9 Å². The third-order valence-electron chi connectivity index (χ3n) is 12.9. The standard InChI is InChI=1S/C45H62N4O9S/c1-11-34-45(8)38-28(4)35(46-19-21-49(38)43(53)58-45)26(2)25-44(7,54-22-13-12-14-31-15-17-32(18-16-31)40-47-20-23-59-40)39(29(5)36(50)30(6)41(52)56-34)57-42-37(51)33(48(9)10)24-27(3)55-42/h15-18,20,23,26-30,33-34,37-39,42,51H,11,14,19,21-22,24-25H2,1-10H3/t26-,27-,28+,29+,30-,33+,34-,37-,38?,39-,42+,44+,45-/m1/s1. The van der Waals surface area contributed by atoms with Gasteiger partial charge in [-0.1, -0.05) is 63.8 Å². The molecule has 1 unspecified atom stereocenters. The fraction of sp³-hybridized carbons (Fsp3) is 0.667. The first-order chi connectivity index (χ1) is 28.0. The van der Waals surface area contributed by atoms with E-state index < -0.39 is 71.5 Å². The number of thiazole rings is 1. The number of carbonyl (C=O) groups is 3. The fourth-order valence-corrected chi connectivity index (χ4v) is 10.4. The molecule has 0 aliphatic carbocycles. The number of carbonyl (C=O) groups excluding carboxylic acids is 3. The Morgan fingerprint density at radius 3 is 2.44 bits per heavy atom. The molecule has 0 radical (unpaired) electrons. The molecular formula is C45H62N4O9S. The largest absolute Gasteiger partial charge is 0.458 e. The molecule has 3 saturated heterocycles. The van der Waals surface area contributed by atoms with Gasteiger partial charge in [-0.2, -0.15) is 0 Å². The van der Waals surface area contributed by atoms with Crippen molar-refractivity contribution in [3.05, 3.63) is 41.4 Å². The first kappa shape index (κ1) is 44.8. The molecule has 1 amide bonds. The van der Waals surface area contributed by atoms with Crippen LogP contribution in [0, 0.1) is 35.5 Å². The molecular weight excluding hydrogens is 773 g/mol. The number of fused-ring (bicyclic) bond motifs is 1. The second kappa shape index (κ2) is 18.5. The van der Waals surface area contributed by atoms with Gasteiger partial charge in [-0.15, -0.1) is 11.3 Å². The number of hydrogen-bond acceptors (Lipinski definition) is 13. The van der Waals surface area contributed by atoms with E-state index in [4.69, 9.17) is 28.7 Å². The van der Waals surface area contributed by atoms with Gasteiger partial charge in [-0.3, -0.25) is 19.5 Å². The lowest BCUT2D eigenvalue weighted by Crippen LogP contribution is -2.60. The van der Waals surface area contributed by atoms with Crippen molar-refractivity contribution in [2.24, 2.45) is 28.7 Å². The summed E-state index contributed by atoms with van der Waals surface area (Å²) in [4.78, 5) is 55.2. The minimum Gasteiger partial charge on any atom is -0.458 e. The van der Waals surface area contributed by atoms with Gasteiger partial charge in [0.25, 0.3) is 0 Å². The molecule has 4 aliphatic rings. The van der Waals surface area contributed by atoms with Gasteiger partial charge in [0.2, 0.25) is 0 Å². The first-order valence-electron chi connectivity index (χ1n) is 21.0. The lowest BCUT2D eigenvalue weighted by atomic mass is 9.73. The van der Waals surface area contributed by atoms with E-state index in [1.165, 1.54) is 6.92 Å². The van der Waals surface area contributed by atoms with E-state index >= 15 is 0 Å². The molecule has 14 heteroatoms. The molecule has 1 aromatic carbocycles. The van der Waals surface area contributed by atoms with E-state index in [1.807, 2.05) is 83.3 Å². The molecule has 4 aliphatic heterocycles. The summed E-state index contributed by atoms with van der Waals surface area (Å²) in [5.41, 5.74) is 0.541. The molecule has 6 rings (SSSR count). The molecule has 0 spiro atoms. The summed E-state index contributed by atoms with van der Waals surface area (Å²) in [5, 5.41) is 14.6. The third-order valence-corrected chi connectivity index (χ3v) is 13.7. The Labute approximate surface area is 353 Å². The Morgan fingerprint density at radius 1 is 1.05 bits per heavy atom. The SMILES string of the molecule is CC[C@H]1OC(=O)[C@H](C)C(=O)[C@H](C)[C@@H](O[C@@H]2O[C@H](C)C[C@H](N(C)C)[C@H]2O)[C@@](C)(OCC#CCc2ccc(-c3nccs3)cc2)C[C@@H](C)C2=NCCN3C(=O)O[C@@]1(C)C3[C@H]2C. The van der Waals surface area contributed by atoms with Crippen LogP contribution in [0.1, 0.15) is 80.2 Å². The zero-order valence-electron chi connectivity index (χ0n) is 36.2. The highest BCUT2D eigenvalue weighted by atomic mass is 32.1. The van der Waals surface area contributed by atoms with Crippen molar-refractivity contribution in [2.45, 2.75) is 135 Å². The number of benzene rings is 1. The van der Waals surface area contributed by atoms with Gasteiger partial charge >= 0.3 is 12.1 Å². The van der Waals surface area contributed by atoms with E-state index in [0.29, 0.717) is 38.8 Å². The smallest absolute Gasteiger partial charge is 0.410 e. The maximum absolute atomic E-state index is 14.6. The van der Waals surface area contributed by atoms with E-state index in [1.54, 1.807) is 29.4 Å². The first-order valence-corrected chi connectivity index (χ1v) is 21.9. The topological polar surface area (TPSA) is 149 Å². The van der Waals surface area contributed by atoms with Crippen LogP contribution in [-0.4, -0.2) is 131 Å². The molecule has 13 nitrogen and oxygen atoms in total. The molecule has 59 heavy (non-hydrogen) atoms. The lowest BCUT2D eigenvalue weighted by molar-refractivity contribution is -0.296. The van der Waals surface area contributed by atoms with Gasteiger partial charge in [-0.05, 0) is 72.5 Å². The van der Waals surface area contributed by atoms with E-state index in [0.717, 1.165) is 21.8 Å². The van der Waals surface area contributed by atoms with Crippen LogP contribution >= 0.6 is 11.3 Å². The second-order valence-electron chi connectivity index (χ2n) is 17.4. The minimum absolute atomic E-state index is 0.0145. The predicted octanol–water partition coefficient (Wildman–Crippen LogP) is 5.82. The zero-order valence-corrected chi connectivity index (χ0v) is 37.0. The Bertz CT molecular complexity index is 1900. The minimum atomic E-state index is -1.23. The number of aliphatic hydroxyl groups is 1. The normalized spacial score (nSPS) is 36.8. The molecule has 2 aromatic rings. The number of nitrogens with zero attached hydrogens (tertiary/aromatic N) is 4. The van der Waals surface area contributed by atoms with Gasteiger partial charge in [0, 0.05) is 53.7 Å². The average Bonchev–Trinajstić information content (AvgIpc) is 3.78. The quantitative estimate of drug-likeness (QED) is 0.195. The molecule has 5 heterocycles. The fourth-order valence-electron chi connectivity index (χ4n) is 9.80. The van der Waals surface area contributed by atoms with Crippen LogP contribution in [-0.2, 0) is 39.7 Å². The monoisotopic (exact) mass is 834 g/mol. The van der Waals surface area contributed by atoms with Crippen LogP contribution in [0.25, 0.3) is 10.6 Å². The van der Waals surface area contributed by atoms with Crippen molar-refractivity contribution < 1.29 is 43.2 Å². The maximum Gasteiger partial charge on any atom is 0.410 e. The number of aliphatic imine (C=N–C) groups is 1. The van der Waals surface area contributed by atoms with Crippen molar-refractivity contribution in [3.8, 4) is 22.4 Å². The maximum atomic E-state index is 14.6. The number of hydrogen-bond donors (Lipinski definition) is 1. The second-order valence-corrected chi connectivity index (χ2v) is 18.3. The molecule has 3 fully saturated rings. The molecule has 13 atom stereocenters. The Hall–Kier alpha value is -3.71. The summed E-state index contributed by atoms with van der Waals surface area (Å²) in [6, 6.07) is 7.41. The van der Waals surface area contributed by atoms with E-state index in [2.05, 4.69) is 23.7 Å². The summed E-state index contributed by atoms with van der Waals surface area (Å²) in [5.74, 6) is 2.68. The Morgan fingerprint density at radius 2 is 1.78 bits per heavy atom. The van der Waals surface area contributed by atoms with Gasteiger partial charge in [0.05, 0.1) is 30.4 Å². The summed E-state index contributed by atoms with van der Waals surface area (Å²) < 4.78 is 32.3. The van der Waals surface area contributed by atoms with Gasteiger partial charge < -0.3 is 33.7 Å². The van der Waals surface area contributed by atoms with E-state index in [-0.39, 0.29) is 30.6 Å².